The fourth-order valence-corrected chi connectivity index (χ4v) is 3.40. The van der Waals surface area contributed by atoms with Crippen LogP contribution in [0.1, 0.15) is 6.42 Å². The molecule has 0 N–H and O–H groups in total. The number of ether oxygens (including phenoxy) is 2. The summed E-state index contributed by atoms with van der Waals surface area (Å²) in [6, 6.07) is 11.2. The Hall–Kier alpha value is -2.87. The molecule has 1 aromatic carbocycles. The summed E-state index contributed by atoms with van der Waals surface area (Å²) in [5.74, 6) is 2.49. The van der Waals surface area contributed by atoms with E-state index in [9.17, 15) is 4.21 Å². The topological polar surface area (TPSA) is 78.9 Å². The van der Waals surface area contributed by atoms with Crippen molar-refractivity contribution >= 4 is 27.4 Å². The molecular weight excluding hydrogens is 366 g/mol. The Labute approximate surface area is 158 Å². The number of benzene rings is 1. The second-order valence-corrected chi connectivity index (χ2v) is 7.60. The zero-order valence-corrected chi connectivity index (χ0v) is 15.9. The molecule has 0 bridgehead atoms. The van der Waals surface area contributed by atoms with E-state index in [0.29, 0.717) is 36.1 Å². The lowest BCUT2D eigenvalue weighted by Crippen LogP contribution is -2.06. The first kappa shape index (κ1) is 17.5. The van der Waals surface area contributed by atoms with E-state index in [1.165, 1.54) is 0 Å². The SMILES string of the molecule is COc1cccc2oc(-c3cnc4ccc(OCCCS(C)=O)nn34)cc12. The van der Waals surface area contributed by atoms with E-state index in [-0.39, 0.29) is 0 Å². The van der Waals surface area contributed by atoms with Gasteiger partial charge in [-0.1, -0.05) is 6.07 Å². The van der Waals surface area contributed by atoms with Gasteiger partial charge in [-0.3, -0.25) is 4.21 Å². The van der Waals surface area contributed by atoms with E-state index >= 15 is 0 Å². The number of furan rings is 1. The highest BCUT2D eigenvalue weighted by atomic mass is 32.2. The first-order chi connectivity index (χ1) is 13.2. The second kappa shape index (κ2) is 7.40. The van der Waals surface area contributed by atoms with Gasteiger partial charge in [-0.05, 0) is 30.7 Å². The van der Waals surface area contributed by atoms with Crippen molar-refractivity contribution in [1.29, 1.82) is 0 Å². The quantitative estimate of drug-likeness (QED) is 0.454. The third kappa shape index (κ3) is 3.52. The number of aromatic nitrogens is 3. The molecule has 0 aliphatic rings. The molecule has 0 fully saturated rings. The lowest BCUT2D eigenvalue weighted by atomic mass is 10.2. The molecule has 0 amide bonds. The van der Waals surface area contributed by atoms with Gasteiger partial charge in [0.2, 0.25) is 5.88 Å². The minimum atomic E-state index is -0.817. The predicted octanol–water partition coefficient (Wildman–Crippen LogP) is 3.30. The summed E-state index contributed by atoms with van der Waals surface area (Å²) < 4.78 is 29.9. The number of fused-ring (bicyclic) bond motifs is 2. The molecule has 0 saturated carbocycles. The highest BCUT2D eigenvalue weighted by molar-refractivity contribution is 7.84. The fourth-order valence-electron chi connectivity index (χ4n) is 2.88. The summed E-state index contributed by atoms with van der Waals surface area (Å²) in [5, 5.41) is 5.40. The van der Waals surface area contributed by atoms with Crippen LogP contribution < -0.4 is 9.47 Å². The predicted molar refractivity (Wildman–Crippen MR) is 104 cm³/mol. The third-order valence-corrected chi connectivity index (χ3v) is 5.02. The van der Waals surface area contributed by atoms with E-state index in [0.717, 1.165) is 22.4 Å². The number of hydrogen-bond acceptors (Lipinski definition) is 6. The largest absolute Gasteiger partial charge is 0.496 e. The van der Waals surface area contributed by atoms with Gasteiger partial charge in [0.15, 0.2) is 11.4 Å². The van der Waals surface area contributed by atoms with Crippen LogP contribution in [0, 0.1) is 0 Å². The molecule has 3 heterocycles. The van der Waals surface area contributed by atoms with Crippen molar-refractivity contribution in [1.82, 2.24) is 14.6 Å². The van der Waals surface area contributed by atoms with Gasteiger partial charge in [0, 0.05) is 28.9 Å². The summed E-state index contributed by atoms with van der Waals surface area (Å²) in [6.07, 6.45) is 4.11. The summed E-state index contributed by atoms with van der Waals surface area (Å²) in [5.41, 5.74) is 2.15. The van der Waals surface area contributed by atoms with Crippen LogP contribution >= 0.6 is 0 Å². The van der Waals surface area contributed by atoms with Gasteiger partial charge in [-0.2, -0.15) is 0 Å². The maximum Gasteiger partial charge on any atom is 0.231 e. The van der Waals surface area contributed by atoms with Crippen LogP contribution in [0.15, 0.2) is 47.0 Å². The summed E-state index contributed by atoms with van der Waals surface area (Å²) in [7, 11) is 0.817. The monoisotopic (exact) mass is 385 g/mol. The van der Waals surface area contributed by atoms with Gasteiger partial charge in [0.1, 0.15) is 17.0 Å². The molecule has 0 aliphatic carbocycles. The number of methoxy groups -OCH3 is 1. The Balaban J connectivity index is 1.66. The van der Waals surface area contributed by atoms with Crippen LogP contribution in [0.25, 0.3) is 28.1 Å². The van der Waals surface area contributed by atoms with Crippen molar-refractivity contribution in [3.05, 3.63) is 42.6 Å². The highest BCUT2D eigenvalue weighted by Gasteiger charge is 2.15. The van der Waals surface area contributed by atoms with Crippen molar-refractivity contribution in [3.63, 3.8) is 0 Å². The zero-order valence-electron chi connectivity index (χ0n) is 15.0. The maximum atomic E-state index is 11.1. The minimum Gasteiger partial charge on any atom is -0.496 e. The van der Waals surface area contributed by atoms with E-state index in [4.69, 9.17) is 13.9 Å². The van der Waals surface area contributed by atoms with Gasteiger partial charge in [-0.25, -0.2) is 9.50 Å². The van der Waals surface area contributed by atoms with Crippen molar-refractivity contribution in [2.45, 2.75) is 6.42 Å². The van der Waals surface area contributed by atoms with E-state index in [2.05, 4.69) is 10.1 Å². The molecule has 27 heavy (non-hydrogen) atoms. The number of imidazole rings is 1. The normalized spacial score (nSPS) is 12.5. The smallest absolute Gasteiger partial charge is 0.231 e. The van der Waals surface area contributed by atoms with Crippen molar-refractivity contribution in [2.24, 2.45) is 0 Å². The average molecular weight is 385 g/mol. The third-order valence-electron chi connectivity index (χ3n) is 4.16. The number of rotatable bonds is 7. The van der Waals surface area contributed by atoms with Crippen LogP contribution in [-0.2, 0) is 10.8 Å². The molecule has 8 heteroatoms. The van der Waals surface area contributed by atoms with Gasteiger partial charge < -0.3 is 13.9 Å². The Morgan fingerprint density at radius 3 is 2.96 bits per heavy atom. The molecule has 1 atom stereocenters. The van der Waals surface area contributed by atoms with Gasteiger partial charge >= 0.3 is 0 Å². The molecule has 3 aromatic heterocycles. The van der Waals surface area contributed by atoms with Gasteiger partial charge in [-0.15, -0.1) is 5.10 Å². The number of hydrogen-bond donors (Lipinski definition) is 0. The Bertz CT molecular complexity index is 1120. The molecule has 7 nitrogen and oxygen atoms in total. The van der Waals surface area contributed by atoms with Crippen LogP contribution in [0.5, 0.6) is 11.6 Å². The van der Waals surface area contributed by atoms with Crippen LogP contribution in [-0.4, -0.2) is 44.5 Å². The Morgan fingerprint density at radius 2 is 2.15 bits per heavy atom. The van der Waals surface area contributed by atoms with Crippen molar-refractivity contribution in [3.8, 4) is 23.1 Å². The van der Waals surface area contributed by atoms with Crippen LogP contribution in [0.3, 0.4) is 0 Å². The lowest BCUT2D eigenvalue weighted by molar-refractivity contribution is 0.301. The molecule has 4 rings (SSSR count). The second-order valence-electron chi connectivity index (χ2n) is 6.05. The molecule has 0 radical (unpaired) electrons. The maximum absolute atomic E-state index is 11.1. The Morgan fingerprint density at radius 1 is 1.26 bits per heavy atom. The fraction of sp³-hybridized carbons (Fsp3) is 0.263. The van der Waals surface area contributed by atoms with Crippen molar-refractivity contribution < 1.29 is 18.1 Å². The first-order valence-electron chi connectivity index (χ1n) is 8.50. The van der Waals surface area contributed by atoms with Crippen LogP contribution in [0.4, 0.5) is 0 Å². The summed E-state index contributed by atoms with van der Waals surface area (Å²) in [6.45, 7) is 0.462. The number of nitrogens with zero attached hydrogens (tertiary/aromatic N) is 3. The van der Waals surface area contributed by atoms with Gasteiger partial charge in [0.05, 0.1) is 25.3 Å². The molecule has 140 valence electrons. The van der Waals surface area contributed by atoms with E-state index in [1.54, 1.807) is 30.1 Å². The highest BCUT2D eigenvalue weighted by Crippen LogP contribution is 2.33. The Kier molecular flexibility index (Phi) is 4.81. The van der Waals surface area contributed by atoms with Gasteiger partial charge in [0.25, 0.3) is 0 Å². The van der Waals surface area contributed by atoms with Crippen molar-refractivity contribution in [2.75, 3.05) is 25.7 Å². The summed E-state index contributed by atoms with van der Waals surface area (Å²) >= 11 is 0. The summed E-state index contributed by atoms with van der Waals surface area (Å²) in [4.78, 5) is 4.38. The molecule has 0 aliphatic heterocycles. The molecule has 1 unspecified atom stereocenters. The van der Waals surface area contributed by atoms with E-state index in [1.807, 2.05) is 30.3 Å². The zero-order chi connectivity index (χ0) is 18.8. The lowest BCUT2D eigenvalue weighted by Gasteiger charge is -2.05. The molecule has 0 spiro atoms. The first-order valence-corrected chi connectivity index (χ1v) is 10.2. The average Bonchev–Trinajstić information content (AvgIpc) is 3.28. The molecular formula is C19H19N3O4S. The van der Waals surface area contributed by atoms with Crippen LogP contribution in [0.2, 0.25) is 0 Å². The minimum absolute atomic E-state index is 0.462. The van der Waals surface area contributed by atoms with E-state index < -0.39 is 10.8 Å². The molecule has 0 saturated heterocycles. The molecule has 4 aromatic rings. The standard InChI is InChI=1S/C19H19N3O4S/c1-24-15-5-3-6-16-13(15)11-17(26-16)14-12-20-18-7-8-19(21-22(14)18)25-9-4-10-27(2)23/h3,5-8,11-12H,4,9-10H2,1-2H3.